The number of amides is 1. The summed E-state index contributed by atoms with van der Waals surface area (Å²) < 4.78 is 12.7. The molecule has 0 aliphatic carbocycles. The lowest BCUT2D eigenvalue weighted by atomic mass is 9.92. The molecule has 1 fully saturated rings. The Morgan fingerprint density at radius 3 is 2.42 bits per heavy atom. The number of carbonyl (C=O) groups is 1. The summed E-state index contributed by atoms with van der Waals surface area (Å²) in [5.74, 6) is -0.346. The second kappa shape index (κ2) is 8.51. The van der Waals surface area contributed by atoms with E-state index in [4.69, 9.17) is 5.73 Å². The van der Waals surface area contributed by atoms with Crippen molar-refractivity contribution in [3.8, 4) is 0 Å². The van der Waals surface area contributed by atoms with Crippen molar-refractivity contribution in [1.29, 1.82) is 0 Å². The molecule has 0 bridgehead atoms. The SMILES string of the molecule is N[C@@]1(NCc2cccnc2)C(=O)N([PH2]=O)CCC1NCc1cccnc1. The zero-order valence-electron chi connectivity index (χ0n) is 14.3. The van der Waals surface area contributed by atoms with Crippen molar-refractivity contribution in [2.24, 2.45) is 5.73 Å². The zero-order chi connectivity index (χ0) is 18.4. The van der Waals surface area contributed by atoms with Gasteiger partial charge >= 0.3 is 0 Å². The summed E-state index contributed by atoms with van der Waals surface area (Å²) in [4.78, 5) is 21.0. The van der Waals surface area contributed by atoms with Gasteiger partial charge in [-0.1, -0.05) is 12.1 Å². The fraction of sp³-hybridized carbons (Fsp3) is 0.353. The maximum atomic E-state index is 12.8. The van der Waals surface area contributed by atoms with E-state index in [1.165, 1.54) is 4.67 Å². The van der Waals surface area contributed by atoms with Crippen molar-refractivity contribution >= 4 is 14.5 Å². The largest absolute Gasteiger partial charge is 0.307 e. The first-order valence-electron chi connectivity index (χ1n) is 8.45. The summed E-state index contributed by atoms with van der Waals surface area (Å²) in [6.45, 7) is 1.36. The molecule has 26 heavy (non-hydrogen) atoms. The molecule has 4 N–H and O–H groups in total. The highest BCUT2D eigenvalue weighted by atomic mass is 31.1. The van der Waals surface area contributed by atoms with E-state index >= 15 is 0 Å². The third kappa shape index (κ3) is 4.16. The van der Waals surface area contributed by atoms with Gasteiger partial charge in [-0.2, -0.15) is 0 Å². The molecule has 138 valence electrons. The van der Waals surface area contributed by atoms with E-state index in [0.717, 1.165) is 11.1 Å². The lowest BCUT2D eigenvalue weighted by Gasteiger charge is -2.44. The predicted molar refractivity (Wildman–Crippen MR) is 99.6 cm³/mol. The van der Waals surface area contributed by atoms with E-state index in [2.05, 4.69) is 20.6 Å². The monoisotopic (exact) mass is 374 g/mol. The highest BCUT2D eigenvalue weighted by Crippen LogP contribution is 2.24. The number of nitrogens with zero attached hydrogens (tertiary/aromatic N) is 3. The van der Waals surface area contributed by atoms with E-state index in [1.54, 1.807) is 24.8 Å². The van der Waals surface area contributed by atoms with Crippen LogP contribution in [0.2, 0.25) is 0 Å². The maximum Gasteiger partial charge on any atom is 0.264 e. The van der Waals surface area contributed by atoms with Gasteiger partial charge in [-0.3, -0.25) is 24.7 Å². The van der Waals surface area contributed by atoms with Gasteiger partial charge in [-0.05, 0) is 29.7 Å². The zero-order valence-corrected chi connectivity index (χ0v) is 15.5. The summed E-state index contributed by atoms with van der Waals surface area (Å²) in [6, 6.07) is 7.26. The molecule has 2 aromatic rings. The highest BCUT2D eigenvalue weighted by Gasteiger charge is 2.47. The molecule has 0 spiro atoms. The Morgan fingerprint density at radius 1 is 1.19 bits per heavy atom. The van der Waals surface area contributed by atoms with Crippen LogP contribution in [0.25, 0.3) is 0 Å². The van der Waals surface area contributed by atoms with Gasteiger partial charge in [0.1, 0.15) is 0 Å². The third-order valence-electron chi connectivity index (χ3n) is 4.53. The number of piperidine rings is 1. The molecule has 3 heterocycles. The van der Waals surface area contributed by atoms with Gasteiger partial charge in [0, 0.05) is 50.5 Å². The van der Waals surface area contributed by atoms with Crippen LogP contribution >= 0.6 is 8.61 Å². The molecule has 2 aromatic heterocycles. The Balaban J connectivity index is 1.74. The maximum absolute atomic E-state index is 12.8. The molecule has 1 amide bonds. The van der Waals surface area contributed by atoms with Crippen LogP contribution in [0.1, 0.15) is 17.5 Å². The number of nitrogens with one attached hydrogen (secondary N) is 2. The third-order valence-corrected chi connectivity index (χ3v) is 5.28. The molecule has 9 heteroatoms. The molecular formula is C17H23N6O2P. The number of carbonyl (C=O) groups excluding carboxylic acids is 1. The highest BCUT2D eigenvalue weighted by molar-refractivity contribution is 7.21. The number of hydrogen-bond acceptors (Lipinski definition) is 7. The fourth-order valence-electron chi connectivity index (χ4n) is 3.04. The number of nitrogens with two attached hydrogens (primary N) is 1. The molecule has 1 aliphatic heterocycles. The van der Waals surface area contributed by atoms with Crippen LogP contribution in [0.3, 0.4) is 0 Å². The number of rotatable bonds is 7. The van der Waals surface area contributed by atoms with Crippen molar-refractivity contribution in [3.05, 3.63) is 60.2 Å². The van der Waals surface area contributed by atoms with E-state index in [1.807, 2.05) is 24.3 Å². The minimum atomic E-state index is -1.35. The minimum absolute atomic E-state index is 0.297. The second-order valence-corrected chi connectivity index (χ2v) is 7.11. The second-order valence-electron chi connectivity index (χ2n) is 6.27. The molecule has 0 radical (unpaired) electrons. The van der Waals surface area contributed by atoms with Crippen molar-refractivity contribution in [2.75, 3.05) is 6.54 Å². The first-order chi connectivity index (χ1) is 12.6. The van der Waals surface area contributed by atoms with Gasteiger partial charge in [0.25, 0.3) is 5.91 Å². The summed E-state index contributed by atoms with van der Waals surface area (Å²) in [7, 11) is -1.35. The van der Waals surface area contributed by atoms with Crippen molar-refractivity contribution in [3.63, 3.8) is 0 Å². The number of hydrogen-bond donors (Lipinski definition) is 3. The first-order valence-corrected chi connectivity index (χ1v) is 9.43. The Morgan fingerprint density at radius 2 is 1.85 bits per heavy atom. The molecule has 1 aliphatic rings. The van der Waals surface area contributed by atoms with Gasteiger partial charge < -0.3 is 15.6 Å². The molecule has 8 nitrogen and oxygen atoms in total. The smallest absolute Gasteiger partial charge is 0.264 e. The summed E-state index contributed by atoms with van der Waals surface area (Å²) in [5, 5.41) is 6.51. The van der Waals surface area contributed by atoms with Crippen LogP contribution in [0.4, 0.5) is 0 Å². The molecule has 0 saturated carbocycles. The normalized spacial score (nSPS) is 23.7. The summed E-state index contributed by atoms with van der Waals surface area (Å²) in [5.41, 5.74) is 7.08. The van der Waals surface area contributed by atoms with E-state index < -0.39 is 14.3 Å². The van der Waals surface area contributed by atoms with E-state index in [-0.39, 0.29) is 11.9 Å². The van der Waals surface area contributed by atoms with Crippen LogP contribution in [0, 0.1) is 0 Å². The standard InChI is InChI=1S/C17H23N6O2P/c18-17(22-12-14-4-2-7-20-10-14)15(5-8-23(26-25)16(17)24)21-11-13-3-1-6-19-9-13/h1-4,6-7,9-10,15,21-22H,5,8,11-12,18,26H2/t15?,17-/m0/s1. The lowest BCUT2D eigenvalue weighted by molar-refractivity contribution is -0.137. The number of pyridine rings is 2. The lowest BCUT2D eigenvalue weighted by Crippen LogP contribution is -2.75. The molecule has 1 saturated heterocycles. The Kier molecular flexibility index (Phi) is 6.11. The van der Waals surface area contributed by atoms with Crippen molar-refractivity contribution in [2.45, 2.75) is 31.2 Å². The summed E-state index contributed by atoms with van der Waals surface area (Å²) >= 11 is 0. The predicted octanol–water partition coefficient (Wildman–Crippen LogP) is 0.283. The van der Waals surface area contributed by atoms with Crippen LogP contribution in [0.15, 0.2) is 49.1 Å². The Labute approximate surface area is 153 Å². The topological polar surface area (TPSA) is 113 Å². The summed E-state index contributed by atoms with van der Waals surface area (Å²) in [6.07, 6.45) is 7.50. The average Bonchev–Trinajstić information content (AvgIpc) is 2.69. The fourth-order valence-corrected chi connectivity index (χ4v) is 3.61. The van der Waals surface area contributed by atoms with E-state index in [9.17, 15) is 9.36 Å². The van der Waals surface area contributed by atoms with Crippen LogP contribution < -0.4 is 16.4 Å². The van der Waals surface area contributed by atoms with Gasteiger partial charge in [0.05, 0.1) is 0 Å². The Hall–Kier alpha value is -2.12. The first kappa shape index (κ1) is 18.7. The van der Waals surface area contributed by atoms with Crippen LogP contribution in [0.5, 0.6) is 0 Å². The molecule has 3 rings (SSSR count). The molecule has 0 aromatic carbocycles. The molecule has 2 unspecified atom stereocenters. The van der Waals surface area contributed by atoms with Crippen LogP contribution in [-0.4, -0.2) is 38.8 Å². The van der Waals surface area contributed by atoms with Gasteiger partial charge in [-0.25, -0.2) is 0 Å². The average molecular weight is 374 g/mol. The molecule has 3 atom stereocenters. The van der Waals surface area contributed by atoms with Crippen LogP contribution in [-0.2, 0) is 22.4 Å². The van der Waals surface area contributed by atoms with Gasteiger partial charge in [0.15, 0.2) is 14.3 Å². The number of aromatic nitrogens is 2. The Bertz CT molecular complexity index is 747. The minimum Gasteiger partial charge on any atom is -0.307 e. The molecular weight excluding hydrogens is 351 g/mol. The van der Waals surface area contributed by atoms with Gasteiger partial charge in [-0.15, -0.1) is 0 Å². The van der Waals surface area contributed by atoms with Crippen molar-refractivity contribution in [1.82, 2.24) is 25.3 Å². The van der Waals surface area contributed by atoms with Gasteiger partial charge in [0.2, 0.25) is 0 Å². The van der Waals surface area contributed by atoms with E-state index in [0.29, 0.717) is 26.1 Å². The van der Waals surface area contributed by atoms with Crippen molar-refractivity contribution < 1.29 is 9.36 Å². The quantitative estimate of drug-likeness (QED) is 0.471.